The first kappa shape index (κ1) is 19.2. The standard InChI is InChI=1S/C16H12F3N3O3S2/c1-26-15-13(14(20)22-9-3-2-4-12(22)21-15)27(23,24)11-7-5-10(6-8-11)25-16(17,18)19/h2-9,20H,1H3. The Kier molecular flexibility index (Phi) is 4.91. The van der Waals surface area contributed by atoms with E-state index in [0.717, 1.165) is 36.0 Å². The second-order valence-electron chi connectivity index (χ2n) is 5.25. The van der Waals surface area contributed by atoms with Gasteiger partial charge in [0.2, 0.25) is 9.84 Å². The van der Waals surface area contributed by atoms with Crippen molar-refractivity contribution >= 4 is 27.2 Å². The van der Waals surface area contributed by atoms with Crippen LogP contribution in [0.15, 0.2) is 63.5 Å². The summed E-state index contributed by atoms with van der Waals surface area (Å²) in [5.41, 5.74) is 0.111. The molecule has 6 nitrogen and oxygen atoms in total. The van der Waals surface area contributed by atoms with E-state index in [2.05, 4.69) is 9.72 Å². The minimum atomic E-state index is -4.88. The molecule has 0 bridgehead atoms. The zero-order valence-corrected chi connectivity index (χ0v) is 15.3. The summed E-state index contributed by atoms with van der Waals surface area (Å²) in [6.07, 6.45) is -1.74. The van der Waals surface area contributed by atoms with Crippen molar-refractivity contribution in [2.24, 2.45) is 0 Å². The zero-order chi connectivity index (χ0) is 19.8. The monoisotopic (exact) mass is 415 g/mol. The lowest BCUT2D eigenvalue weighted by atomic mass is 10.3. The molecule has 0 amide bonds. The van der Waals surface area contributed by atoms with Crippen LogP contribution in [0.2, 0.25) is 0 Å². The number of hydrogen-bond donors (Lipinski definition) is 1. The molecule has 0 saturated heterocycles. The third kappa shape index (κ3) is 3.78. The minimum absolute atomic E-state index is 0.127. The number of nitrogens with zero attached hydrogens (tertiary/aromatic N) is 2. The Morgan fingerprint density at radius 1 is 1.15 bits per heavy atom. The normalized spacial score (nSPS) is 12.3. The fraction of sp³-hybridized carbons (Fsp3) is 0.125. The molecular weight excluding hydrogens is 403 g/mol. The van der Waals surface area contributed by atoms with Crippen LogP contribution < -0.4 is 10.2 Å². The number of thioether (sulfide) groups is 1. The number of pyridine rings is 1. The Hall–Kier alpha value is -2.53. The van der Waals surface area contributed by atoms with Crippen LogP contribution in [0.5, 0.6) is 5.75 Å². The highest BCUT2D eigenvalue weighted by Gasteiger charge is 2.31. The van der Waals surface area contributed by atoms with Gasteiger partial charge in [0.05, 0.1) is 4.90 Å². The van der Waals surface area contributed by atoms with Gasteiger partial charge in [0, 0.05) is 6.20 Å². The number of benzene rings is 1. The Morgan fingerprint density at radius 2 is 1.81 bits per heavy atom. The van der Waals surface area contributed by atoms with E-state index in [4.69, 9.17) is 5.41 Å². The Balaban J connectivity index is 2.15. The summed E-state index contributed by atoms with van der Waals surface area (Å²) in [7, 11) is -4.19. The maximum Gasteiger partial charge on any atom is 0.573 e. The summed E-state index contributed by atoms with van der Waals surface area (Å²) >= 11 is 1.06. The van der Waals surface area contributed by atoms with Gasteiger partial charge in [-0.2, -0.15) is 0 Å². The molecule has 0 aliphatic carbocycles. The lowest BCUT2D eigenvalue weighted by Crippen LogP contribution is -2.24. The van der Waals surface area contributed by atoms with E-state index < -0.39 is 21.9 Å². The Labute approximate surface area is 156 Å². The first-order valence-electron chi connectivity index (χ1n) is 7.34. The average molecular weight is 415 g/mol. The quantitative estimate of drug-likeness (QED) is 0.522. The van der Waals surface area contributed by atoms with Crippen LogP contribution in [0, 0.1) is 5.41 Å². The molecule has 0 spiro atoms. The molecule has 0 radical (unpaired) electrons. The Bertz CT molecular complexity index is 1160. The maximum atomic E-state index is 13.0. The van der Waals surface area contributed by atoms with Crippen LogP contribution in [-0.2, 0) is 9.84 Å². The summed E-state index contributed by atoms with van der Waals surface area (Å²) < 4.78 is 67.9. The van der Waals surface area contributed by atoms with E-state index in [9.17, 15) is 21.6 Å². The van der Waals surface area contributed by atoms with Crippen molar-refractivity contribution in [3.8, 4) is 5.75 Å². The number of ether oxygens (including phenoxy) is 1. The van der Waals surface area contributed by atoms with E-state index >= 15 is 0 Å². The number of halogens is 3. The van der Waals surface area contributed by atoms with Crippen molar-refractivity contribution in [2.75, 3.05) is 6.26 Å². The van der Waals surface area contributed by atoms with E-state index in [1.165, 1.54) is 10.6 Å². The molecule has 0 unspecified atom stereocenters. The smallest absolute Gasteiger partial charge is 0.406 e. The van der Waals surface area contributed by atoms with Gasteiger partial charge in [-0.1, -0.05) is 6.07 Å². The number of hydrogen-bond acceptors (Lipinski definition) is 6. The number of rotatable bonds is 4. The Morgan fingerprint density at radius 3 is 2.41 bits per heavy atom. The second-order valence-corrected chi connectivity index (χ2v) is 7.93. The van der Waals surface area contributed by atoms with Gasteiger partial charge in [0.25, 0.3) is 0 Å². The molecule has 0 aliphatic rings. The molecule has 0 aliphatic heterocycles. The molecule has 1 aromatic carbocycles. The molecule has 1 N–H and O–H groups in total. The van der Waals surface area contributed by atoms with Crippen molar-refractivity contribution < 1.29 is 26.3 Å². The van der Waals surface area contributed by atoms with Gasteiger partial charge in [-0.25, -0.2) is 13.4 Å². The van der Waals surface area contributed by atoms with Gasteiger partial charge >= 0.3 is 6.36 Å². The summed E-state index contributed by atoms with van der Waals surface area (Å²) in [6, 6.07) is 8.79. The topological polar surface area (TPSA) is 84.5 Å². The average Bonchev–Trinajstić information content (AvgIpc) is 2.60. The van der Waals surface area contributed by atoms with Crippen LogP contribution in [0.3, 0.4) is 0 Å². The molecule has 142 valence electrons. The maximum absolute atomic E-state index is 13.0. The van der Waals surface area contributed by atoms with Crippen molar-refractivity contribution in [1.29, 1.82) is 5.41 Å². The van der Waals surface area contributed by atoms with Crippen molar-refractivity contribution in [1.82, 2.24) is 9.38 Å². The molecule has 0 fully saturated rings. The number of sulfone groups is 1. The highest BCUT2D eigenvalue weighted by atomic mass is 32.2. The fourth-order valence-corrected chi connectivity index (χ4v) is 4.80. The van der Waals surface area contributed by atoms with Crippen LogP contribution in [0.1, 0.15) is 0 Å². The van der Waals surface area contributed by atoms with Crippen molar-refractivity contribution in [3.63, 3.8) is 0 Å². The minimum Gasteiger partial charge on any atom is -0.406 e. The number of alkyl halides is 3. The number of fused-ring (bicyclic) bond motifs is 1. The molecule has 27 heavy (non-hydrogen) atoms. The summed E-state index contributed by atoms with van der Waals surface area (Å²) in [6.45, 7) is 0. The van der Waals surface area contributed by atoms with E-state index in [1.807, 2.05) is 0 Å². The summed E-state index contributed by atoms with van der Waals surface area (Å²) in [4.78, 5) is 3.68. The van der Waals surface area contributed by atoms with E-state index in [1.54, 1.807) is 24.5 Å². The molecule has 3 rings (SSSR count). The number of nitrogens with one attached hydrogen (secondary N) is 1. The summed E-state index contributed by atoms with van der Waals surface area (Å²) in [5, 5.41) is 8.43. The highest BCUT2D eigenvalue weighted by molar-refractivity contribution is 7.99. The molecule has 11 heteroatoms. The van der Waals surface area contributed by atoms with Crippen LogP contribution >= 0.6 is 11.8 Å². The van der Waals surface area contributed by atoms with Crippen LogP contribution in [0.4, 0.5) is 13.2 Å². The third-order valence-electron chi connectivity index (χ3n) is 3.53. The first-order valence-corrected chi connectivity index (χ1v) is 10.0. The molecular formula is C16H12F3N3O3S2. The molecule has 2 aromatic heterocycles. The van der Waals surface area contributed by atoms with Crippen molar-refractivity contribution in [2.45, 2.75) is 21.2 Å². The predicted octanol–water partition coefficient (Wildman–Crippen LogP) is 3.27. The van der Waals surface area contributed by atoms with Gasteiger partial charge in [-0.05, 0) is 42.7 Å². The molecule has 3 aromatic rings. The molecule has 0 saturated carbocycles. The van der Waals surface area contributed by atoms with Crippen LogP contribution in [-0.4, -0.2) is 30.4 Å². The lowest BCUT2D eigenvalue weighted by molar-refractivity contribution is -0.274. The van der Waals surface area contributed by atoms with Gasteiger partial charge in [0.15, 0.2) is 5.49 Å². The lowest BCUT2D eigenvalue weighted by Gasteiger charge is -2.12. The van der Waals surface area contributed by atoms with E-state index in [-0.39, 0.29) is 20.3 Å². The molecule has 0 atom stereocenters. The largest absolute Gasteiger partial charge is 0.573 e. The van der Waals surface area contributed by atoms with Crippen molar-refractivity contribution in [3.05, 3.63) is 54.1 Å². The molecule has 2 heterocycles. The van der Waals surface area contributed by atoms with Gasteiger partial charge in [-0.15, -0.1) is 24.9 Å². The number of aromatic nitrogens is 2. The van der Waals surface area contributed by atoms with Gasteiger partial charge in [-0.3, -0.25) is 9.81 Å². The SMILES string of the molecule is CSc1nc2ccccn2c(=N)c1S(=O)(=O)c1ccc(OC(F)(F)F)cc1. The fourth-order valence-electron chi connectivity index (χ4n) is 2.40. The van der Waals surface area contributed by atoms with Gasteiger partial charge in [0.1, 0.15) is 21.3 Å². The predicted molar refractivity (Wildman–Crippen MR) is 91.4 cm³/mol. The first-order chi connectivity index (χ1) is 12.6. The van der Waals surface area contributed by atoms with Crippen LogP contribution in [0.25, 0.3) is 5.65 Å². The second kappa shape index (κ2) is 6.89. The zero-order valence-electron chi connectivity index (χ0n) is 13.7. The third-order valence-corrected chi connectivity index (χ3v) is 6.16. The highest BCUT2D eigenvalue weighted by Crippen LogP contribution is 2.29. The summed E-state index contributed by atoms with van der Waals surface area (Å²) in [5.74, 6) is -0.538. The van der Waals surface area contributed by atoms with E-state index in [0.29, 0.717) is 5.65 Å². The van der Waals surface area contributed by atoms with Gasteiger partial charge < -0.3 is 4.74 Å².